The molecular weight excluding hydrogens is 1380 g/mol. The van der Waals surface area contributed by atoms with Crippen LogP contribution in [-0.4, -0.2) is 59.2 Å². The molecule has 16 heteroatoms. The zero-order valence-corrected chi connectivity index (χ0v) is 62.8. The van der Waals surface area contributed by atoms with Gasteiger partial charge in [0.05, 0.1) is 61.6 Å². The van der Waals surface area contributed by atoms with E-state index in [0.717, 1.165) is 66.1 Å². The lowest BCUT2D eigenvalue weighted by Crippen LogP contribution is -2.30. The highest BCUT2D eigenvalue weighted by Gasteiger charge is 2.42. The zero-order chi connectivity index (χ0) is 77.5. The summed E-state index contributed by atoms with van der Waals surface area (Å²) in [5, 5.41) is 0. The molecule has 544 valence electrons. The fourth-order valence-electron chi connectivity index (χ4n) is 14.8. The molecule has 0 unspecified atom stereocenters. The molecule has 16 nitrogen and oxygen atoms in total. The maximum Gasteiger partial charge on any atom is 0.266 e. The SMILES string of the molecule is Cc1ccc(-c2ccc(N3C(=O)c4ccc(Oc5ccc(C(C)(C)c6ccc(Oc7ccc8c(c7)C(=O)N(c7c(C)cccc7C)C8=O)cc6)cc5)cc4C3=O)c(C)c2)cc1C.Cc1cccc(C)c1N1C(=O)c2ccc(Oc3ccc(C(C)(C)c4ccc(Oc5ccc6c(c5)C(=O)N(C)C6=O)cc4)cc3)cc2C1=O. The Morgan fingerprint density at radius 3 is 0.827 bits per heavy atom. The molecule has 0 N–H and O–H groups in total. The molecule has 4 aliphatic rings. The van der Waals surface area contributed by atoms with Crippen molar-refractivity contribution >= 4 is 64.3 Å². The molecule has 16 rings (SSSR count). The summed E-state index contributed by atoms with van der Waals surface area (Å²) in [5.74, 6) is 1.44. The monoisotopic (exact) mass is 1450 g/mol. The molecule has 0 saturated carbocycles. The van der Waals surface area contributed by atoms with Gasteiger partial charge in [-0.05, 0) is 254 Å². The minimum atomic E-state index is -0.384. The zero-order valence-electron chi connectivity index (χ0n) is 62.8. The van der Waals surface area contributed by atoms with Gasteiger partial charge in [-0.25, -0.2) is 14.7 Å². The van der Waals surface area contributed by atoms with Gasteiger partial charge in [0.15, 0.2) is 0 Å². The van der Waals surface area contributed by atoms with Crippen molar-refractivity contribution in [2.45, 2.75) is 87.0 Å². The van der Waals surface area contributed by atoms with Crippen molar-refractivity contribution in [2.75, 3.05) is 21.7 Å². The maximum atomic E-state index is 13.8. The highest BCUT2D eigenvalue weighted by Crippen LogP contribution is 2.43. The summed E-state index contributed by atoms with van der Waals surface area (Å²) < 4.78 is 24.5. The number of aryl methyl sites for hydroxylation is 7. The first-order valence-corrected chi connectivity index (χ1v) is 36.1. The van der Waals surface area contributed by atoms with Gasteiger partial charge in [0.1, 0.15) is 46.0 Å². The number of hydrogen-bond donors (Lipinski definition) is 0. The number of benzene rings is 12. The molecule has 0 aliphatic carbocycles. The van der Waals surface area contributed by atoms with E-state index in [1.54, 1.807) is 72.8 Å². The third-order valence-electron chi connectivity index (χ3n) is 21.5. The number of nitrogens with zero attached hydrogens (tertiary/aromatic N) is 4. The van der Waals surface area contributed by atoms with Crippen LogP contribution in [0.15, 0.2) is 243 Å². The number of anilines is 3. The lowest BCUT2D eigenvalue weighted by Gasteiger charge is -2.26. The van der Waals surface area contributed by atoms with Crippen LogP contribution >= 0.6 is 0 Å². The second kappa shape index (κ2) is 28.0. The Balaban J connectivity index is 0.000000181. The normalized spacial score (nSPS) is 13.7. The first kappa shape index (κ1) is 72.0. The Hall–Kier alpha value is -13.6. The van der Waals surface area contributed by atoms with E-state index in [4.69, 9.17) is 18.9 Å². The van der Waals surface area contributed by atoms with Crippen LogP contribution in [-0.2, 0) is 10.8 Å². The van der Waals surface area contributed by atoms with Crippen molar-refractivity contribution in [3.63, 3.8) is 0 Å². The average molecular weight is 1450 g/mol. The summed E-state index contributed by atoms with van der Waals surface area (Å²) in [7, 11) is 1.47. The highest BCUT2D eigenvalue weighted by atomic mass is 16.5. The van der Waals surface area contributed by atoms with Crippen molar-refractivity contribution < 1.29 is 57.3 Å². The van der Waals surface area contributed by atoms with Crippen molar-refractivity contribution in [1.82, 2.24) is 4.90 Å². The number of hydrogen-bond acceptors (Lipinski definition) is 12. The number of fused-ring (bicyclic) bond motifs is 4. The Morgan fingerprint density at radius 2 is 0.500 bits per heavy atom. The van der Waals surface area contributed by atoms with Crippen LogP contribution in [0.4, 0.5) is 17.1 Å². The largest absolute Gasteiger partial charge is 0.457 e. The molecule has 0 atom stereocenters. The summed E-state index contributed by atoms with van der Waals surface area (Å²) in [6, 6.07) is 74.5. The van der Waals surface area contributed by atoms with E-state index >= 15 is 0 Å². The molecule has 8 amide bonds. The second-order valence-electron chi connectivity index (χ2n) is 29.4. The minimum absolute atomic E-state index is 0.301. The fourth-order valence-corrected chi connectivity index (χ4v) is 14.8. The van der Waals surface area contributed by atoms with Crippen LogP contribution in [0.5, 0.6) is 46.0 Å². The van der Waals surface area contributed by atoms with Gasteiger partial charge >= 0.3 is 0 Å². The average Bonchev–Trinajstić information content (AvgIpc) is 1.61. The Bertz CT molecular complexity index is 5860. The number of para-hydroxylation sites is 2. The van der Waals surface area contributed by atoms with Gasteiger partial charge in [-0.1, -0.05) is 137 Å². The number of imide groups is 4. The van der Waals surface area contributed by atoms with E-state index in [2.05, 4.69) is 59.7 Å². The maximum absolute atomic E-state index is 13.8. The molecule has 0 spiro atoms. The molecule has 0 bridgehead atoms. The van der Waals surface area contributed by atoms with Crippen LogP contribution in [0.2, 0.25) is 0 Å². The van der Waals surface area contributed by atoms with E-state index in [1.165, 1.54) is 32.9 Å². The Labute approximate surface area is 637 Å². The Kier molecular flexibility index (Phi) is 18.3. The summed E-state index contributed by atoms with van der Waals surface area (Å²) in [4.78, 5) is 110. The van der Waals surface area contributed by atoms with E-state index < -0.39 is 0 Å². The smallest absolute Gasteiger partial charge is 0.266 e. The van der Waals surface area contributed by atoms with Crippen LogP contribution < -0.4 is 33.6 Å². The number of carbonyl (C=O) groups excluding carboxylic acids is 8. The lowest BCUT2D eigenvalue weighted by atomic mass is 9.78. The highest BCUT2D eigenvalue weighted by molar-refractivity contribution is 6.37. The second-order valence-corrected chi connectivity index (χ2v) is 29.4. The van der Waals surface area contributed by atoms with Crippen molar-refractivity contribution in [3.8, 4) is 57.1 Å². The standard InChI is InChI=1S/C54H44N2O6.C40H32N2O6/c1-31-11-12-36(27-34(31)4)37-13-26-48(35(5)28-37)55-50(57)44-24-22-42(29-46(44)52(55)59)61-40-18-14-38(15-19-40)54(6,7)39-16-20-41(21-17-39)62-43-23-25-45-47(30-43)53(60)56(51(45)58)49-32(2)9-8-10-33(49)3;1-23-7-6-8-24(2)35(23)42-38(45)32-20-18-30(22-34(32)39(42)46)48-28-15-11-26(12-16-28)40(3,4)25-9-13-27(14-10-25)47-29-17-19-31-33(21-29)37(44)41(5)36(31)43/h8-30H,1-7H3;6-22H,1-5H3. The van der Waals surface area contributed by atoms with Gasteiger partial charge in [-0.15, -0.1) is 0 Å². The van der Waals surface area contributed by atoms with Crippen molar-refractivity contribution in [1.29, 1.82) is 0 Å². The van der Waals surface area contributed by atoms with E-state index in [1.807, 2.05) is 186 Å². The van der Waals surface area contributed by atoms with Gasteiger partial charge in [-0.3, -0.25) is 43.3 Å². The molecular formula is C94H76N4O12. The first-order valence-electron chi connectivity index (χ1n) is 36.1. The van der Waals surface area contributed by atoms with E-state index in [9.17, 15) is 38.4 Å². The van der Waals surface area contributed by atoms with Crippen LogP contribution in [0.3, 0.4) is 0 Å². The number of rotatable bonds is 16. The topological polar surface area (TPSA) is 186 Å². The quantitative estimate of drug-likeness (QED) is 0.0835. The summed E-state index contributed by atoms with van der Waals surface area (Å²) in [6.07, 6.45) is 0. The molecule has 12 aromatic carbocycles. The molecule has 0 radical (unpaired) electrons. The van der Waals surface area contributed by atoms with Gasteiger partial charge < -0.3 is 18.9 Å². The van der Waals surface area contributed by atoms with Crippen molar-refractivity contribution in [2.24, 2.45) is 0 Å². The number of carbonyl (C=O) groups is 8. The third kappa shape index (κ3) is 12.9. The summed E-state index contributed by atoms with van der Waals surface area (Å²) in [6.45, 7) is 22.2. The molecule has 0 fully saturated rings. The molecule has 0 aromatic heterocycles. The molecule has 12 aromatic rings. The first-order chi connectivity index (χ1) is 52.6. The van der Waals surface area contributed by atoms with Gasteiger partial charge in [-0.2, -0.15) is 0 Å². The molecule has 0 saturated heterocycles. The molecule has 4 heterocycles. The van der Waals surface area contributed by atoms with Crippen molar-refractivity contribution in [3.05, 3.63) is 348 Å². The fraction of sp³-hybridized carbons (Fsp3) is 0.149. The Morgan fingerprint density at radius 1 is 0.236 bits per heavy atom. The van der Waals surface area contributed by atoms with Gasteiger partial charge in [0, 0.05) is 17.9 Å². The van der Waals surface area contributed by atoms with Crippen LogP contribution in [0, 0.1) is 48.5 Å². The number of ether oxygens (including phenoxy) is 4. The van der Waals surface area contributed by atoms with E-state index in [0.29, 0.717) is 108 Å². The minimum Gasteiger partial charge on any atom is -0.457 e. The van der Waals surface area contributed by atoms with Crippen LogP contribution in [0.25, 0.3) is 11.1 Å². The third-order valence-corrected chi connectivity index (χ3v) is 21.5. The summed E-state index contributed by atoms with van der Waals surface area (Å²) in [5.41, 5.74) is 16.8. The summed E-state index contributed by atoms with van der Waals surface area (Å²) >= 11 is 0. The predicted molar refractivity (Wildman–Crippen MR) is 424 cm³/mol. The number of amides is 8. The lowest BCUT2D eigenvalue weighted by molar-refractivity contribution is 0.0690. The van der Waals surface area contributed by atoms with E-state index in [-0.39, 0.29) is 58.1 Å². The predicted octanol–water partition coefficient (Wildman–Crippen LogP) is 20.6. The van der Waals surface area contributed by atoms with Crippen LogP contribution in [0.1, 0.15) is 172 Å². The van der Waals surface area contributed by atoms with Gasteiger partial charge in [0.2, 0.25) is 0 Å². The van der Waals surface area contributed by atoms with Gasteiger partial charge in [0.25, 0.3) is 47.3 Å². The molecule has 110 heavy (non-hydrogen) atoms. The molecule has 4 aliphatic heterocycles.